The molecule has 2 fully saturated rings. The Bertz CT molecular complexity index is 901. The number of β-lactam (4-membered cyclic amide) rings is 1. The summed E-state index contributed by atoms with van der Waals surface area (Å²) in [5, 5.41) is 0. The maximum Gasteiger partial charge on any atom is 0.410 e. The number of hydrogen-bond acceptors (Lipinski definition) is 5. The minimum Gasteiger partial charge on any atom is -0.493 e. The Balaban J connectivity index is 1.37. The monoisotopic (exact) mass is 396 g/mol. The molecule has 7 nitrogen and oxygen atoms in total. The Morgan fingerprint density at radius 1 is 1.03 bits per heavy atom. The van der Waals surface area contributed by atoms with Gasteiger partial charge in [0, 0.05) is 13.1 Å². The molecule has 2 amide bonds. The van der Waals surface area contributed by atoms with Crippen LogP contribution in [0.2, 0.25) is 0 Å². The van der Waals surface area contributed by atoms with Crippen LogP contribution in [0.3, 0.4) is 0 Å². The lowest BCUT2D eigenvalue weighted by molar-refractivity contribution is -0.153. The van der Waals surface area contributed by atoms with Crippen molar-refractivity contribution < 1.29 is 23.8 Å². The summed E-state index contributed by atoms with van der Waals surface area (Å²) in [5.74, 6) is 1.24. The standard InChI is InChI=1S/C22H24N2O5/c1-27-18-9-8-16(12-19(18)28-2)13-24-17-10-11-23(20(17)21(24)25)22(26)29-14-15-6-4-3-5-7-15/h3-9,12,17,20H,10-11,13-14H2,1-2H3/t17-,20+/m1/s1. The summed E-state index contributed by atoms with van der Waals surface area (Å²) in [6, 6.07) is 14.8. The van der Waals surface area contributed by atoms with E-state index in [-0.39, 0.29) is 18.6 Å². The van der Waals surface area contributed by atoms with Gasteiger partial charge in [-0.05, 0) is 29.7 Å². The first kappa shape index (κ1) is 19.1. The molecule has 2 aromatic carbocycles. The summed E-state index contributed by atoms with van der Waals surface area (Å²) in [5.41, 5.74) is 1.88. The van der Waals surface area contributed by atoms with Crippen LogP contribution in [0.25, 0.3) is 0 Å². The van der Waals surface area contributed by atoms with Gasteiger partial charge in [-0.25, -0.2) is 4.79 Å². The maximum atomic E-state index is 12.7. The Hall–Kier alpha value is -3.22. The molecule has 0 radical (unpaired) electrons. The highest BCUT2D eigenvalue weighted by Crippen LogP contribution is 2.36. The van der Waals surface area contributed by atoms with Crippen LogP contribution >= 0.6 is 0 Å². The van der Waals surface area contributed by atoms with Crippen molar-refractivity contribution in [3.63, 3.8) is 0 Å². The molecule has 0 saturated carbocycles. The number of ether oxygens (including phenoxy) is 3. The van der Waals surface area contributed by atoms with E-state index in [0.717, 1.165) is 17.5 Å². The maximum absolute atomic E-state index is 12.7. The largest absolute Gasteiger partial charge is 0.493 e. The molecule has 0 N–H and O–H groups in total. The fraction of sp³-hybridized carbons (Fsp3) is 0.364. The van der Waals surface area contributed by atoms with Crippen LogP contribution in [-0.2, 0) is 22.7 Å². The summed E-state index contributed by atoms with van der Waals surface area (Å²) in [6.07, 6.45) is 0.324. The Morgan fingerprint density at radius 2 is 1.79 bits per heavy atom. The first-order chi connectivity index (χ1) is 14.1. The van der Waals surface area contributed by atoms with Crippen molar-refractivity contribution in [1.29, 1.82) is 0 Å². The van der Waals surface area contributed by atoms with E-state index in [1.54, 1.807) is 19.1 Å². The van der Waals surface area contributed by atoms with Crippen LogP contribution in [0.4, 0.5) is 4.79 Å². The van der Waals surface area contributed by atoms with Gasteiger partial charge < -0.3 is 19.1 Å². The van der Waals surface area contributed by atoms with E-state index in [9.17, 15) is 9.59 Å². The molecule has 0 spiro atoms. The first-order valence-corrected chi connectivity index (χ1v) is 9.61. The molecule has 2 saturated heterocycles. The molecule has 0 bridgehead atoms. The van der Waals surface area contributed by atoms with Gasteiger partial charge in [-0.2, -0.15) is 0 Å². The van der Waals surface area contributed by atoms with E-state index >= 15 is 0 Å². The Labute approximate surface area is 169 Å². The highest BCUT2D eigenvalue weighted by molar-refractivity contribution is 5.93. The van der Waals surface area contributed by atoms with Crippen molar-refractivity contribution in [2.45, 2.75) is 31.7 Å². The van der Waals surface area contributed by atoms with Crippen LogP contribution < -0.4 is 9.47 Å². The van der Waals surface area contributed by atoms with Crippen LogP contribution in [0.5, 0.6) is 11.5 Å². The minimum absolute atomic E-state index is 0.0277. The third kappa shape index (κ3) is 3.60. The number of nitrogens with zero attached hydrogens (tertiary/aromatic N) is 2. The average Bonchev–Trinajstić information content (AvgIpc) is 3.17. The quantitative estimate of drug-likeness (QED) is 0.703. The van der Waals surface area contributed by atoms with Gasteiger partial charge in [0.1, 0.15) is 12.6 Å². The second-order valence-electron chi connectivity index (χ2n) is 7.19. The molecule has 0 unspecified atom stereocenters. The molecule has 2 atom stereocenters. The molecular formula is C22H24N2O5. The Kier molecular flexibility index (Phi) is 5.29. The highest BCUT2D eigenvalue weighted by atomic mass is 16.6. The van der Waals surface area contributed by atoms with E-state index in [1.807, 2.05) is 53.4 Å². The zero-order valence-electron chi connectivity index (χ0n) is 16.5. The topological polar surface area (TPSA) is 68.3 Å². The van der Waals surface area contributed by atoms with Crippen LogP contribution in [-0.4, -0.2) is 54.6 Å². The number of fused-ring (bicyclic) bond motifs is 1. The normalized spacial score (nSPS) is 20.1. The molecule has 29 heavy (non-hydrogen) atoms. The molecule has 152 valence electrons. The lowest BCUT2D eigenvalue weighted by Gasteiger charge is -2.45. The lowest BCUT2D eigenvalue weighted by atomic mass is 9.95. The van der Waals surface area contributed by atoms with Gasteiger partial charge in [-0.1, -0.05) is 36.4 Å². The number of amides is 2. The highest BCUT2D eigenvalue weighted by Gasteiger charge is 2.55. The smallest absolute Gasteiger partial charge is 0.410 e. The first-order valence-electron chi connectivity index (χ1n) is 9.61. The van der Waals surface area contributed by atoms with Crippen molar-refractivity contribution in [2.24, 2.45) is 0 Å². The van der Waals surface area contributed by atoms with Crippen LogP contribution in [0.1, 0.15) is 17.5 Å². The summed E-state index contributed by atoms with van der Waals surface area (Å²) in [4.78, 5) is 28.6. The summed E-state index contributed by atoms with van der Waals surface area (Å²) >= 11 is 0. The predicted octanol–water partition coefficient (Wildman–Crippen LogP) is 2.83. The molecule has 2 aliphatic heterocycles. The molecule has 7 heteroatoms. The summed E-state index contributed by atoms with van der Waals surface area (Å²) < 4.78 is 16.0. The molecule has 2 heterocycles. The third-order valence-electron chi connectivity index (χ3n) is 5.54. The van der Waals surface area contributed by atoms with E-state index < -0.39 is 12.1 Å². The summed E-state index contributed by atoms with van der Waals surface area (Å²) in [6.45, 7) is 1.21. The van der Waals surface area contributed by atoms with Crippen LogP contribution in [0, 0.1) is 0 Å². The van der Waals surface area contributed by atoms with Gasteiger partial charge in [0.15, 0.2) is 11.5 Å². The van der Waals surface area contributed by atoms with E-state index in [4.69, 9.17) is 14.2 Å². The van der Waals surface area contributed by atoms with Gasteiger partial charge in [0.25, 0.3) is 0 Å². The van der Waals surface area contributed by atoms with Crippen molar-refractivity contribution in [3.8, 4) is 11.5 Å². The predicted molar refractivity (Wildman–Crippen MR) is 106 cm³/mol. The SMILES string of the molecule is COc1ccc(CN2C(=O)[C@@H]3[C@H]2CCN3C(=O)OCc2ccccc2)cc1OC. The number of methoxy groups -OCH3 is 2. The number of hydrogen-bond donors (Lipinski definition) is 0. The van der Waals surface area contributed by atoms with Crippen molar-refractivity contribution >= 4 is 12.0 Å². The fourth-order valence-electron chi connectivity index (χ4n) is 4.03. The number of rotatable bonds is 6. The van der Waals surface area contributed by atoms with E-state index in [2.05, 4.69) is 0 Å². The van der Waals surface area contributed by atoms with Gasteiger partial charge in [-0.3, -0.25) is 9.69 Å². The molecule has 4 rings (SSSR count). The zero-order chi connectivity index (χ0) is 20.4. The van der Waals surface area contributed by atoms with Crippen molar-refractivity contribution in [3.05, 3.63) is 59.7 Å². The van der Waals surface area contributed by atoms with Gasteiger partial charge in [-0.15, -0.1) is 0 Å². The second kappa shape index (κ2) is 8.03. The van der Waals surface area contributed by atoms with E-state index in [1.165, 1.54) is 0 Å². The summed E-state index contributed by atoms with van der Waals surface area (Å²) in [7, 11) is 3.17. The number of carbonyl (C=O) groups is 2. The van der Waals surface area contributed by atoms with Crippen molar-refractivity contribution in [1.82, 2.24) is 9.80 Å². The van der Waals surface area contributed by atoms with Gasteiger partial charge in [0.2, 0.25) is 5.91 Å². The molecule has 2 aromatic rings. The van der Waals surface area contributed by atoms with E-state index in [0.29, 0.717) is 24.6 Å². The van der Waals surface area contributed by atoms with Crippen LogP contribution in [0.15, 0.2) is 48.5 Å². The fourth-order valence-corrected chi connectivity index (χ4v) is 4.03. The molecule has 2 aliphatic rings. The van der Waals surface area contributed by atoms with Crippen molar-refractivity contribution in [2.75, 3.05) is 20.8 Å². The Morgan fingerprint density at radius 3 is 2.52 bits per heavy atom. The molecule has 0 aromatic heterocycles. The minimum atomic E-state index is -0.430. The lowest BCUT2D eigenvalue weighted by Crippen LogP contribution is -2.66. The van der Waals surface area contributed by atoms with Gasteiger partial charge in [0.05, 0.1) is 20.3 Å². The number of likely N-dealkylation sites (tertiary alicyclic amines) is 2. The average molecular weight is 396 g/mol. The number of carbonyl (C=O) groups excluding carboxylic acids is 2. The number of benzene rings is 2. The zero-order valence-corrected chi connectivity index (χ0v) is 16.5. The molecular weight excluding hydrogens is 372 g/mol. The third-order valence-corrected chi connectivity index (χ3v) is 5.54. The van der Waals surface area contributed by atoms with Gasteiger partial charge >= 0.3 is 6.09 Å². The molecule has 0 aliphatic carbocycles. The second-order valence-corrected chi connectivity index (χ2v) is 7.19.